The number of nitrogens with zero attached hydrogens (tertiary/aromatic N) is 6. The molecule has 2 aromatic heterocycles. The predicted molar refractivity (Wildman–Crippen MR) is 98.3 cm³/mol. The second kappa shape index (κ2) is 6.66. The van der Waals surface area contributed by atoms with E-state index in [-0.39, 0.29) is 5.25 Å². The minimum absolute atomic E-state index is 0.278. The SMILES string of the molecule is Cc1ncc(-c2nnc(N3CCC(S(=O)(=O)N4CCCC4)CC3)n2C)[nH]1. The minimum atomic E-state index is -3.16. The zero-order valence-electron chi connectivity index (χ0n) is 15.2. The smallest absolute Gasteiger partial charge is 0.227 e. The first-order valence-corrected chi connectivity index (χ1v) is 10.6. The molecule has 0 spiro atoms. The first-order valence-electron chi connectivity index (χ1n) is 9.12. The van der Waals surface area contributed by atoms with Crippen molar-refractivity contribution in [2.75, 3.05) is 31.1 Å². The van der Waals surface area contributed by atoms with Crippen LogP contribution in [0.4, 0.5) is 5.95 Å². The van der Waals surface area contributed by atoms with Gasteiger partial charge in [-0.25, -0.2) is 17.7 Å². The number of sulfonamides is 1. The first-order chi connectivity index (χ1) is 12.5. The van der Waals surface area contributed by atoms with Crippen LogP contribution in [0.5, 0.6) is 0 Å². The molecule has 0 aliphatic carbocycles. The Bertz CT molecular complexity index is 874. The Morgan fingerprint density at radius 3 is 2.42 bits per heavy atom. The number of aryl methyl sites for hydroxylation is 1. The van der Waals surface area contributed by atoms with Crippen LogP contribution in [0.25, 0.3) is 11.5 Å². The Morgan fingerprint density at radius 2 is 1.81 bits per heavy atom. The number of aromatic nitrogens is 5. The maximum atomic E-state index is 12.8. The van der Waals surface area contributed by atoms with Crippen molar-refractivity contribution >= 4 is 16.0 Å². The van der Waals surface area contributed by atoms with Crippen molar-refractivity contribution in [3.05, 3.63) is 12.0 Å². The van der Waals surface area contributed by atoms with Crippen LogP contribution in [0.1, 0.15) is 31.5 Å². The van der Waals surface area contributed by atoms with Crippen molar-refractivity contribution in [3.8, 4) is 11.5 Å². The Labute approximate surface area is 153 Å². The second-order valence-corrected chi connectivity index (χ2v) is 9.32. The third-order valence-corrected chi connectivity index (χ3v) is 7.77. The van der Waals surface area contributed by atoms with E-state index < -0.39 is 10.0 Å². The molecule has 2 saturated heterocycles. The maximum Gasteiger partial charge on any atom is 0.227 e. The molecule has 0 bridgehead atoms. The summed E-state index contributed by atoms with van der Waals surface area (Å²) in [6.07, 6.45) is 4.96. The van der Waals surface area contributed by atoms with E-state index in [9.17, 15) is 8.42 Å². The van der Waals surface area contributed by atoms with Crippen LogP contribution in [0, 0.1) is 6.92 Å². The molecule has 9 nitrogen and oxygen atoms in total. The van der Waals surface area contributed by atoms with Crippen LogP contribution < -0.4 is 4.90 Å². The number of hydrogen-bond donors (Lipinski definition) is 1. The molecular formula is C16H25N7O2S. The molecule has 0 amide bonds. The third kappa shape index (κ3) is 3.01. The zero-order chi connectivity index (χ0) is 18.3. The monoisotopic (exact) mass is 379 g/mol. The molecule has 2 fully saturated rings. The molecular weight excluding hydrogens is 354 g/mol. The van der Waals surface area contributed by atoms with Crippen molar-refractivity contribution in [2.45, 2.75) is 37.9 Å². The van der Waals surface area contributed by atoms with E-state index in [1.807, 2.05) is 18.5 Å². The number of H-pyrrole nitrogens is 1. The molecule has 10 heteroatoms. The fourth-order valence-corrected chi connectivity index (χ4v) is 5.87. The van der Waals surface area contributed by atoms with Crippen LogP contribution in [0.15, 0.2) is 6.20 Å². The van der Waals surface area contributed by atoms with Gasteiger partial charge in [0.2, 0.25) is 16.0 Å². The summed E-state index contributed by atoms with van der Waals surface area (Å²) >= 11 is 0. The van der Waals surface area contributed by atoms with Crippen LogP contribution in [-0.4, -0.2) is 68.9 Å². The largest absolute Gasteiger partial charge is 0.341 e. The number of piperidine rings is 1. The van der Waals surface area contributed by atoms with Gasteiger partial charge in [0.05, 0.1) is 11.4 Å². The highest BCUT2D eigenvalue weighted by Gasteiger charge is 2.36. The molecule has 1 N–H and O–H groups in total. The van der Waals surface area contributed by atoms with Crippen LogP contribution in [-0.2, 0) is 17.1 Å². The average Bonchev–Trinajstić information content (AvgIpc) is 3.36. The highest BCUT2D eigenvalue weighted by Crippen LogP contribution is 2.27. The first kappa shape index (κ1) is 17.5. The van der Waals surface area contributed by atoms with E-state index in [1.165, 1.54) is 0 Å². The van der Waals surface area contributed by atoms with Gasteiger partial charge < -0.3 is 9.88 Å². The van der Waals surface area contributed by atoms with E-state index in [0.717, 1.165) is 36.1 Å². The molecule has 0 unspecified atom stereocenters. The number of anilines is 1. The van der Waals surface area contributed by atoms with Crippen LogP contribution in [0.2, 0.25) is 0 Å². The van der Waals surface area contributed by atoms with Gasteiger partial charge in [-0.2, -0.15) is 0 Å². The molecule has 4 heterocycles. The third-order valence-electron chi connectivity index (χ3n) is 5.37. The Hall–Kier alpha value is -1.94. The maximum absolute atomic E-state index is 12.8. The number of imidazole rings is 1. The number of hydrogen-bond acceptors (Lipinski definition) is 6. The number of nitrogens with one attached hydrogen (secondary N) is 1. The average molecular weight is 379 g/mol. The second-order valence-electron chi connectivity index (χ2n) is 7.10. The lowest BCUT2D eigenvalue weighted by Gasteiger charge is -2.33. The number of rotatable bonds is 4. The van der Waals surface area contributed by atoms with Gasteiger partial charge in [0.15, 0.2) is 5.82 Å². The van der Waals surface area contributed by atoms with Gasteiger partial charge in [0.1, 0.15) is 11.5 Å². The molecule has 2 aliphatic rings. The van der Waals surface area contributed by atoms with E-state index in [2.05, 4.69) is 25.1 Å². The molecule has 2 aliphatic heterocycles. The lowest BCUT2D eigenvalue weighted by atomic mass is 10.1. The summed E-state index contributed by atoms with van der Waals surface area (Å²) in [7, 11) is -1.24. The van der Waals surface area contributed by atoms with Gasteiger partial charge in [-0.05, 0) is 32.6 Å². The van der Waals surface area contributed by atoms with Gasteiger partial charge in [-0.15, -0.1) is 10.2 Å². The molecule has 142 valence electrons. The predicted octanol–water partition coefficient (Wildman–Crippen LogP) is 0.908. The quantitative estimate of drug-likeness (QED) is 0.847. The van der Waals surface area contributed by atoms with Gasteiger partial charge in [-0.1, -0.05) is 0 Å². The van der Waals surface area contributed by atoms with E-state index >= 15 is 0 Å². The molecule has 0 aromatic carbocycles. The van der Waals surface area contributed by atoms with Gasteiger partial charge in [0, 0.05) is 33.2 Å². The van der Waals surface area contributed by atoms with Crippen molar-refractivity contribution in [1.82, 2.24) is 29.0 Å². The number of aromatic amines is 1. The van der Waals surface area contributed by atoms with Crippen molar-refractivity contribution in [2.24, 2.45) is 7.05 Å². The fourth-order valence-electron chi connectivity index (χ4n) is 3.87. The standard InChI is InChI=1S/C16H25N7O2S/c1-12-17-11-14(18-12)15-19-20-16(21(15)2)22-9-5-13(6-10-22)26(24,25)23-7-3-4-8-23/h11,13H,3-10H2,1-2H3,(H,17,18). The topological polar surface area (TPSA) is 100 Å². The lowest BCUT2D eigenvalue weighted by molar-refractivity contribution is 0.444. The highest BCUT2D eigenvalue weighted by molar-refractivity contribution is 7.89. The molecule has 2 aromatic rings. The van der Waals surface area contributed by atoms with Gasteiger partial charge in [-0.3, -0.25) is 4.57 Å². The summed E-state index contributed by atoms with van der Waals surface area (Å²) in [6, 6.07) is 0. The normalized spacial score (nSPS) is 20.2. The Balaban J connectivity index is 1.46. The van der Waals surface area contributed by atoms with E-state index in [1.54, 1.807) is 10.5 Å². The molecule has 0 atom stereocenters. The Morgan fingerprint density at radius 1 is 1.12 bits per heavy atom. The fraction of sp³-hybridized carbons (Fsp3) is 0.688. The minimum Gasteiger partial charge on any atom is -0.341 e. The van der Waals surface area contributed by atoms with Crippen LogP contribution >= 0.6 is 0 Å². The summed E-state index contributed by atoms with van der Waals surface area (Å²) in [5.74, 6) is 2.33. The molecule has 26 heavy (non-hydrogen) atoms. The summed E-state index contributed by atoms with van der Waals surface area (Å²) in [4.78, 5) is 9.50. The van der Waals surface area contributed by atoms with E-state index in [4.69, 9.17) is 0 Å². The van der Waals surface area contributed by atoms with Crippen molar-refractivity contribution < 1.29 is 8.42 Å². The zero-order valence-corrected chi connectivity index (χ0v) is 16.0. The summed E-state index contributed by atoms with van der Waals surface area (Å²) in [6.45, 7) is 4.60. The molecule has 4 rings (SSSR count). The molecule has 0 radical (unpaired) electrons. The lowest BCUT2D eigenvalue weighted by Crippen LogP contribution is -2.45. The molecule has 0 saturated carbocycles. The Kier molecular flexibility index (Phi) is 4.47. The van der Waals surface area contributed by atoms with E-state index in [0.29, 0.717) is 39.0 Å². The van der Waals surface area contributed by atoms with Crippen LogP contribution in [0.3, 0.4) is 0 Å². The van der Waals surface area contributed by atoms with Crippen molar-refractivity contribution in [3.63, 3.8) is 0 Å². The van der Waals surface area contributed by atoms with Crippen molar-refractivity contribution in [1.29, 1.82) is 0 Å². The highest BCUT2D eigenvalue weighted by atomic mass is 32.2. The van der Waals surface area contributed by atoms with Gasteiger partial charge in [0.25, 0.3) is 0 Å². The summed E-state index contributed by atoms with van der Waals surface area (Å²) in [5, 5.41) is 8.32. The summed E-state index contributed by atoms with van der Waals surface area (Å²) in [5.41, 5.74) is 0.829. The summed E-state index contributed by atoms with van der Waals surface area (Å²) < 4.78 is 29.1. The van der Waals surface area contributed by atoms with Gasteiger partial charge >= 0.3 is 0 Å².